The lowest BCUT2D eigenvalue weighted by molar-refractivity contribution is 0.102. The Morgan fingerprint density at radius 2 is 1.83 bits per heavy atom. The summed E-state index contributed by atoms with van der Waals surface area (Å²) in [5, 5.41) is 4.08. The van der Waals surface area contributed by atoms with E-state index in [0.717, 1.165) is 64.4 Å². The number of aryl methyl sites for hydroxylation is 3. The molecule has 5 rings (SSSR count). The largest absolute Gasteiger partial charge is 0.322 e. The molecule has 0 saturated carbocycles. The van der Waals surface area contributed by atoms with Gasteiger partial charge in [0.1, 0.15) is 10.8 Å². The van der Waals surface area contributed by atoms with Crippen molar-refractivity contribution in [2.75, 3.05) is 5.32 Å². The second kappa shape index (κ2) is 9.62. The monoisotopic (exact) mass is 485 g/mol. The molecule has 1 aliphatic carbocycles. The number of carbonyl (C=O) groups excluding carboxylic acids is 1. The van der Waals surface area contributed by atoms with E-state index in [2.05, 4.69) is 20.9 Å². The first-order valence-electron chi connectivity index (χ1n) is 11.9. The van der Waals surface area contributed by atoms with Crippen LogP contribution in [-0.4, -0.2) is 16.7 Å². The Morgan fingerprint density at radius 1 is 1.06 bits per heavy atom. The van der Waals surface area contributed by atoms with E-state index < -0.39 is 0 Å². The second-order valence-electron chi connectivity index (χ2n) is 9.11. The molecule has 2 aromatic heterocycles. The number of benzene rings is 2. The molecule has 0 radical (unpaired) electrons. The highest BCUT2D eigenvalue weighted by molar-refractivity contribution is 7.15. The molecule has 6 heteroatoms. The molecule has 0 atom stereocenters. The van der Waals surface area contributed by atoms with Crippen LogP contribution < -0.4 is 5.32 Å². The quantitative estimate of drug-likeness (QED) is 0.293. The van der Waals surface area contributed by atoms with Gasteiger partial charge in [0.2, 0.25) is 0 Å². The molecule has 35 heavy (non-hydrogen) atoms. The van der Waals surface area contributed by atoms with E-state index in [0.29, 0.717) is 5.69 Å². The highest BCUT2D eigenvalue weighted by Gasteiger charge is 2.28. The maximum atomic E-state index is 13.6. The summed E-state index contributed by atoms with van der Waals surface area (Å²) in [5.41, 5.74) is 7.47. The molecule has 1 aliphatic rings. The summed E-state index contributed by atoms with van der Waals surface area (Å²) < 4.78 is 15.7. The van der Waals surface area contributed by atoms with Crippen LogP contribution >= 0.6 is 11.3 Å². The van der Waals surface area contributed by atoms with Gasteiger partial charge >= 0.3 is 0 Å². The maximum Gasteiger partial charge on any atom is 0.258 e. The first kappa shape index (κ1) is 23.2. The van der Waals surface area contributed by atoms with Gasteiger partial charge in [-0.05, 0) is 88.4 Å². The topological polar surface area (TPSA) is 46.4 Å². The van der Waals surface area contributed by atoms with E-state index in [1.165, 1.54) is 22.6 Å². The fourth-order valence-electron chi connectivity index (χ4n) is 4.70. The van der Waals surface area contributed by atoms with Crippen LogP contribution in [0.1, 0.15) is 56.2 Å². The third-order valence-corrected chi connectivity index (χ3v) is 7.80. The van der Waals surface area contributed by atoms with Crippen molar-refractivity contribution in [3.63, 3.8) is 0 Å². The molecule has 0 bridgehead atoms. The lowest BCUT2D eigenvalue weighted by atomic mass is 9.95. The summed E-state index contributed by atoms with van der Waals surface area (Å²) in [6, 6.07) is 16.2. The lowest BCUT2D eigenvalue weighted by Gasteiger charge is -2.14. The Bertz CT molecular complexity index is 1430. The van der Waals surface area contributed by atoms with Crippen molar-refractivity contribution in [2.45, 2.75) is 46.5 Å². The summed E-state index contributed by atoms with van der Waals surface area (Å²) in [6.07, 6.45) is 5.96. The predicted octanol–water partition coefficient (Wildman–Crippen LogP) is 7.48. The molecule has 1 amide bonds. The van der Waals surface area contributed by atoms with Crippen LogP contribution in [0.3, 0.4) is 0 Å². The van der Waals surface area contributed by atoms with Crippen LogP contribution in [0.5, 0.6) is 0 Å². The molecule has 0 fully saturated rings. The molecule has 0 aliphatic heterocycles. The van der Waals surface area contributed by atoms with Crippen molar-refractivity contribution in [2.24, 2.45) is 4.99 Å². The van der Waals surface area contributed by atoms with E-state index >= 15 is 0 Å². The van der Waals surface area contributed by atoms with E-state index in [9.17, 15) is 9.18 Å². The Labute approximate surface area is 209 Å². The van der Waals surface area contributed by atoms with Crippen LogP contribution in [-0.2, 0) is 12.8 Å². The number of nitrogens with zero attached hydrogens (tertiary/aromatic N) is 2. The Kier molecular flexibility index (Phi) is 6.39. The van der Waals surface area contributed by atoms with E-state index in [4.69, 9.17) is 0 Å². The normalized spacial score (nSPS) is 13.3. The highest BCUT2D eigenvalue weighted by Crippen LogP contribution is 2.39. The number of nitrogens with one attached hydrogen (secondary N) is 1. The van der Waals surface area contributed by atoms with Crippen LogP contribution in [0.25, 0.3) is 5.00 Å². The van der Waals surface area contributed by atoms with Gasteiger partial charge in [-0.25, -0.2) is 4.39 Å². The number of halogens is 1. The van der Waals surface area contributed by atoms with Crippen LogP contribution in [0, 0.1) is 26.6 Å². The minimum absolute atomic E-state index is 0.0641. The number of carbonyl (C=O) groups is 1. The van der Waals surface area contributed by atoms with Gasteiger partial charge in [-0.15, -0.1) is 11.3 Å². The molecule has 4 nitrogen and oxygen atoms in total. The van der Waals surface area contributed by atoms with Crippen molar-refractivity contribution in [1.29, 1.82) is 0 Å². The zero-order valence-electron chi connectivity index (χ0n) is 20.2. The van der Waals surface area contributed by atoms with Gasteiger partial charge in [0.25, 0.3) is 5.91 Å². The Morgan fingerprint density at radius 3 is 2.60 bits per heavy atom. The van der Waals surface area contributed by atoms with Crippen molar-refractivity contribution in [3.8, 4) is 5.00 Å². The predicted molar refractivity (Wildman–Crippen MR) is 143 cm³/mol. The average molecular weight is 486 g/mol. The molecule has 0 unspecified atom stereocenters. The number of amides is 1. The third kappa shape index (κ3) is 4.71. The van der Waals surface area contributed by atoms with Gasteiger partial charge in [0.15, 0.2) is 0 Å². The average Bonchev–Trinajstić information content (AvgIpc) is 3.35. The van der Waals surface area contributed by atoms with Gasteiger partial charge in [0.05, 0.1) is 11.3 Å². The summed E-state index contributed by atoms with van der Waals surface area (Å²) in [7, 11) is 0. The standard InChI is InChI=1S/C29H28FN3OS/c1-18-11-13-23(14-12-18)32-28(34)27-25-9-4-5-10-26(25)35-29(27)33-19(2)15-21(20(33)3)17-31-24-8-6-7-22(30)16-24/h6-8,11-17H,4-5,9-10H2,1-3H3,(H,32,34). The van der Waals surface area contributed by atoms with Gasteiger partial charge in [-0.2, -0.15) is 0 Å². The number of fused-ring (bicyclic) bond motifs is 1. The molecule has 1 N–H and O–H groups in total. The first-order valence-corrected chi connectivity index (χ1v) is 12.7. The smallest absolute Gasteiger partial charge is 0.258 e. The summed E-state index contributed by atoms with van der Waals surface area (Å²) in [5.74, 6) is -0.371. The zero-order valence-corrected chi connectivity index (χ0v) is 21.0. The van der Waals surface area contributed by atoms with Crippen LogP contribution in [0.2, 0.25) is 0 Å². The number of hydrogen-bond donors (Lipinski definition) is 1. The number of aliphatic imine (C=N–C) groups is 1. The number of thiophene rings is 1. The van der Waals surface area contributed by atoms with Crippen molar-refractivity contribution in [3.05, 3.63) is 98.9 Å². The Balaban J connectivity index is 1.55. The van der Waals surface area contributed by atoms with E-state index in [1.807, 2.05) is 45.0 Å². The molecule has 4 aromatic rings. The van der Waals surface area contributed by atoms with E-state index in [1.54, 1.807) is 29.7 Å². The number of anilines is 1. The SMILES string of the molecule is Cc1ccc(NC(=O)c2c(-n3c(C)cc(C=Nc4cccc(F)c4)c3C)sc3c2CCCC3)cc1. The lowest BCUT2D eigenvalue weighted by Crippen LogP contribution is -2.17. The summed E-state index contributed by atoms with van der Waals surface area (Å²) in [6.45, 7) is 6.12. The zero-order chi connectivity index (χ0) is 24.5. The van der Waals surface area contributed by atoms with Crippen LogP contribution in [0.4, 0.5) is 15.8 Å². The minimum Gasteiger partial charge on any atom is -0.322 e. The Hall–Kier alpha value is -3.51. The molecule has 2 aromatic carbocycles. The summed E-state index contributed by atoms with van der Waals surface area (Å²) in [4.78, 5) is 19.4. The minimum atomic E-state index is -0.307. The molecular weight excluding hydrogens is 457 g/mol. The maximum absolute atomic E-state index is 13.6. The molecule has 0 spiro atoms. The van der Waals surface area contributed by atoms with Crippen LogP contribution in [0.15, 0.2) is 59.6 Å². The van der Waals surface area contributed by atoms with Gasteiger partial charge in [-0.1, -0.05) is 23.8 Å². The number of rotatable bonds is 5. The molecule has 2 heterocycles. The molecule has 0 saturated heterocycles. The fraction of sp³-hybridized carbons (Fsp3) is 0.241. The van der Waals surface area contributed by atoms with Crippen molar-refractivity contribution < 1.29 is 9.18 Å². The third-order valence-electron chi connectivity index (χ3n) is 6.52. The second-order valence-corrected chi connectivity index (χ2v) is 10.2. The first-order chi connectivity index (χ1) is 16.9. The molecular formula is C29H28FN3OS. The molecule has 178 valence electrons. The fourth-order valence-corrected chi connectivity index (χ4v) is 6.20. The van der Waals surface area contributed by atoms with E-state index in [-0.39, 0.29) is 11.7 Å². The van der Waals surface area contributed by atoms with Gasteiger partial charge in [0, 0.05) is 33.7 Å². The van der Waals surface area contributed by atoms with Crippen molar-refractivity contribution in [1.82, 2.24) is 4.57 Å². The number of hydrogen-bond acceptors (Lipinski definition) is 3. The highest BCUT2D eigenvalue weighted by atomic mass is 32.1. The number of aromatic nitrogens is 1. The van der Waals surface area contributed by atoms with Gasteiger partial charge in [-0.3, -0.25) is 9.79 Å². The van der Waals surface area contributed by atoms with Crippen molar-refractivity contribution >= 4 is 34.8 Å². The van der Waals surface area contributed by atoms with Gasteiger partial charge < -0.3 is 9.88 Å². The summed E-state index contributed by atoms with van der Waals surface area (Å²) >= 11 is 1.72.